The van der Waals surface area contributed by atoms with Gasteiger partial charge in [-0.25, -0.2) is 0 Å². The number of nitrogens with one attached hydrogen (secondary N) is 1. The van der Waals surface area contributed by atoms with E-state index in [4.69, 9.17) is 0 Å². The van der Waals surface area contributed by atoms with Gasteiger partial charge < -0.3 is 5.32 Å². The molecule has 1 aromatic rings. The molecule has 16 heavy (non-hydrogen) atoms. The van der Waals surface area contributed by atoms with Gasteiger partial charge in [0.05, 0.1) is 0 Å². The first kappa shape index (κ1) is 13.2. The Hall–Kier alpha value is -0.820. The molecule has 2 atom stereocenters. The number of hydrogen-bond acceptors (Lipinski definition) is 1. The Morgan fingerprint density at radius 3 is 2.19 bits per heavy atom. The van der Waals surface area contributed by atoms with Gasteiger partial charge >= 0.3 is 0 Å². The molecular weight excluding hydrogens is 194 g/mol. The average Bonchev–Trinajstić information content (AvgIpc) is 2.24. The van der Waals surface area contributed by atoms with E-state index in [1.807, 2.05) is 0 Å². The molecule has 0 bridgehead atoms. The Morgan fingerprint density at radius 2 is 1.75 bits per heavy atom. The highest BCUT2D eigenvalue weighted by molar-refractivity contribution is 5.36. The summed E-state index contributed by atoms with van der Waals surface area (Å²) in [6, 6.07) is 7.06. The summed E-state index contributed by atoms with van der Waals surface area (Å²) in [6.07, 6.45) is 2.53. The Bertz CT molecular complexity index is 310. The molecule has 0 heterocycles. The van der Waals surface area contributed by atoms with Crippen molar-refractivity contribution in [1.82, 2.24) is 5.32 Å². The number of hydrogen-bond donors (Lipinski definition) is 1. The SMILES string of the molecule is CCCC(C)C(NC)c1c(C)cccc1C. The summed E-state index contributed by atoms with van der Waals surface area (Å²) in [6.45, 7) is 9.03. The fraction of sp³-hybridized carbons (Fsp3) is 0.600. The molecule has 0 aliphatic carbocycles. The van der Waals surface area contributed by atoms with E-state index in [2.05, 4.69) is 58.3 Å². The standard InChI is InChI=1S/C15H25N/c1-6-8-13(4)15(16-5)14-11(2)9-7-10-12(14)3/h7,9-10,13,15-16H,6,8H2,1-5H3. The minimum absolute atomic E-state index is 0.487. The van der Waals surface area contributed by atoms with E-state index < -0.39 is 0 Å². The molecule has 0 aromatic heterocycles. The lowest BCUT2D eigenvalue weighted by atomic mass is 9.86. The summed E-state index contributed by atoms with van der Waals surface area (Å²) in [5.41, 5.74) is 4.30. The first-order valence-electron chi connectivity index (χ1n) is 6.35. The van der Waals surface area contributed by atoms with Crippen LogP contribution in [0.5, 0.6) is 0 Å². The Morgan fingerprint density at radius 1 is 1.19 bits per heavy atom. The van der Waals surface area contributed by atoms with Crippen LogP contribution in [0.3, 0.4) is 0 Å². The first-order valence-corrected chi connectivity index (χ1v) is 6.35. The van der Waals surface area contributed by atoms with Crippen LogP contribution in [0, 0.1) is 19.8 Å². The molecule has 0 radical (unpaired) electrons. The van der Waals surface area contributed by atoms with Crippen LogP contribution in [0.4, 0.5) is 0 Å². The van der Waals surface area contributed by atoms with Gasteiger partial charge in [0.1, 0.15) is 0 Å². The molecule has 1 nitrogen and oxygen atoms in total. The van der Waals surface area contributed by atoms with E-state index in [9.17, 15) is 0 Å². The van der Waals surface area contributed by atoms with Crippen molar-refractivity contribution in [3.63, 3.8) is 0 Å². The maximum Gasteiger partial charge on any atom is 0.0348 e. The molecule has 0 spiro atoms. The summed E-state index contributed by atoms with van der Waals surface area (Å²) >= 11 is 0. The van der Waals surface area contributed by atoms with Crippen LogP contribution >= 0.6 is 0 Å². The highest BCUT2D eigenvalue weighted by Gasteiger charge is 2.19. The van der Waals surface area contributed by atoms with E-state index in [-0.39, 0.29) is 0 Å². The Labute approximate surface area is 100 Å². The van der Waals surface area contributed by atoms with Crippen LogP contribution < -0.4 is 5.32 Å². The molecule has 2 unspecified atom stereocenters. The molecule has 1 heteroatoms. The van der Waals surface area contributed by atoms with Crippen molar-refractivity contribution in [3.8, 4) is 0 Å². The monoisotopic (exact) mass is 219 g/mol. The normalized spacial score (nSPS) is 14.8. The molecule has 1 N–H and O–H groups in total. The highest BCUT2D eigenvalue weighted by atomic mass is 14.9. The summed E-state index contributed by atoms with van der Waals surface area (Å²) in [4.78, 5) is 0. The maximum absolute atomic E-state index is 3.48. The quantitative estimate of drug-likeness (QED) is 0.789. The summed E-state index contributed by atoms with van der Waals surface area (Å²) in [5, 5.41) is 3.48. The van der Waals surface area contributed by atoms with Gasteiger partial charge in [0.25, 0.3) is 0 Å². The van der Waals surface area contributed by atoms with Gasteiger partial charge in [0.15, 0.2) is 0 Å². The zero-order chi connectivity index (χ0) is 12.1. The van der Waals surface area contributed by atoms with Crippen molar-refractivity contribution in [2.75, 3.05) is 7.05 Å². The third kappa shape index (κ3) is 2.85. The van der Waals surface area contributed by atoms with Crippen molar-refractivity contribution in [2.45, 2.75) is 46.6 Å². The molecule has 0 amide bonds. The molecule has 0 aliphatic rings. The lowest BCUT2D eigenvalue weighted by Crippen LogP contribution is -2.25. The second-order valence-electron chi connectivity index (χ2n) is 4.84. The minimum Gasteiger partial charge on any atom is -0.313 e. The Balaban J connectivity index is 3.03. The molecule has 0 aliphatic heterocycles. The molecule has 0 saturated heterocycles. The number of benzene rings is 1. The second kappa shape index (κ2) is 6.05. The van der Waals surface area contributed by atoms with Gasteiger partial charge in [-0.05, 0) is 49.9 Å². The predicted molar refractivity (Wildman–Crippen MR) is 71.8 cm³/mol. The van der Waals surface area contributed by atoms with Crippen molar-refractivity contribution < 1.29 is 0 Å². The zero-order valence-electron chi connectivity index (χ0n) is 11.3. The van der Waals surface area contributed by atoms with Gasteiger partial charge in [-0.1, -0.05) is 38.5 Å². The summed E-state index contributed by atoms with van der Waals surface area (Å²) < 4.78 is 0. The predicted octanol–water partition coefficient (Wildman–Crippen LogP) is 4.00. The topological polar surface area (TPSA) is 12.0 Å². The fourth-order valence-electron chi connectivity index (χ4n) is 2.65. The first-order chi connectivity index (χ1) is 7.61. The Kier molecular flexibility index (Phi) is 5.01. The molecular formula is C15H25N. The molecule has 1 aromatic carbocycles. The van der Waals surface area contributed by atoms with Crippen molar-refractivity contribution in [3.05, 3.63) is 34.9 Å². The van der Waals surface area contributed by atoms with Crippen LogP contribution in [-0.4, -0.2) is 7.05 Å². The highest BCUT2D eigenvalue weighted by Crippen LogP contribution is 2.29. The molecule has 0 saturated carbocycles. The minimum atomic E-state index is 0.487. The molecule has 0 fully saturated rings. The third-order valence-electron chi connectivity index (χ3n) is 3.48. The number of aryl methyl sites for hydroxylation is 2. The molecule has 90 valence electrons. The van der Waals surface area contributed by atoms with Gasteiger partial charge in [-0.15, -0.1) is 0 Å². The van der Waals surface area contributed by atoms with Gasteiger partial charge in [-0.2, -0.15) is 0 Å². The smallest absolute Gasteiger partial charge is 0.0348 e. The van der Waals surface area contributed by atoms with Gasteiger partial charge in [0, 0.05) is 6.04 Å². The lowest BCUT2D eigenvalue weighted by molar-refractivity contribution is 0.381. The summed E-state index contributed by atoms with van der Waals surface area (Å²) in [5.74, 6) is 0.690. The third-order valence-corrected chi connectivity index (χ3v) is 3.48. The lowest BCUT2D eigenvalue weighted by Gasteiger charge is -2.27. The largest absolute Gasteiger partial charge is 0.313 e. The zero-order valence-corrected chi connectivity index (χ0v) is 11.3. The van der Waals surface area contributed by atoms with Gasteiger partial charge in [0.2, 0.25) is 0 Å². The van der Waals surface area contributed by atoms with E-state index >= 15 is 0 Å². The number of rotatable bonds is 5. The van der Waals surface area contributed by atoms with Crippen molar-refractivity contribution in [2.24, 2.45) is 5.92 Å². The van der Waals surface area contributed by atoms with Crippen LogP contribution in [0.1, 0.15) is 49.4 Å². The van der Waals surface area contributed by atoms with E-state index in [0.29, 0.717) is 12.0 Å². The van der Waals surface area contributed by atoms with E-state index in [0.717, 1.165) is 0 Å². The summed E-state index contributed by atoms with van der Waals surface area (Å²) in [7, 11) is 2.07. The van der Waals surface area contributed by atoms with Crippen LogP contribution in [-0.2, 0) is 0 Å². The molecule has 1 rings (SSSR count). The van der Waals surface area contributed by atoms with Crippen molar-refractivity contribution in [1.29, 1.82) is 0 Å². The van der Waals surface area contributed by atoms with Crippen molar-refractivity contribution >= 4 is 0 Å². The van der Waals surface area contributed by atoms with Crippen LogP contribution in [0.2, 0.25) is 0 Å². The van der Waals surface area contributed by atoms with Gasteiger partial charge in [-0.3, -0.25) is 0 Å². The van der Waals surface area contributed by atoms with E-state index in [1.165, 1.54) is 29.5 Å². The average molecular weight is 219 g/mol. The van der Waals surface area contributed by atoms with E-state index in [1.54, 1.807) is 0 Å². The maximum atomic E-state index is 3.48. The fourth-order valence-corrected chi connectivity index (χ4v) is 2.65. The second-order valence-corrected chi connectivity index (χ2v) is 4.84. The van der Waals surface area contributed by atoms with Crippen LogP contribution in [0.25, 0.3) is 0 Å². The van der Waals surface area contributed by atoms with Crippen LogP contribution in [0.15, 0.2) is 18.2 Å².